The molecule has 0 saturated carbocycles. The molecule has 1 N–H and O–H groups in total. The monoisotopic (exact) mass is 237 g/mol. The van der Waals surface area contributed by atoms with Gasteiger partial charge in [-0.2, -0.15) is 0 Å². The van der Waals surface area contributed by atoms with Crippen LogP contribution in [0.2, 0.25) is 0 Å². The maximum Gasteiger partial charge on any atom is 0.126 e. The third-order valence-corrected chi connectivity index (χ3v) is 3.40. The standard InChI is InChI=1S/C15H24FN/c1-6-15(10(2)3)17-12(5)13-8-7-11(4)14(16)9-13/h7-10,12,15,17H,6H2,1-5H3. The topological polar surface area (TPSA) is 12.0 Å². The molecule has 0 aliphatic carbocycles. The van der Waals surface area contributed by atoms with Crippen LogP contribution >= 0.6 is 0 Å². The molecule has 1 aromatic carbocycles. The van der Waals surface area contributed by atoms with Gasteiger partial charge < -0.3 is 5.32 Å². The van der Waals surface area contributed by atoms with Gasteiger partial charge in [-0.25, -0.2) is 4.39 Å². The summed E-state index contributed by atoms with van der Waals surface area (Å²) in [5.41, 5.74) is 1.73. The summed E-state index contributed by atoms with van der Waals surface area (Å²) in [6.07, 6.45) is 1.09. The van der Waals surface area contributed by atoms with E-state index in [4.69, 9.17) is 0 Å². The normalized spacial score (nSPS) is 15.0. The van der Waals surface area contributed by atoms with Crippen molar-refractivity contribution in [3.05, 3.63) is 35.1 Å². The Balaban J connectivity index is 2.75. The molecule has 17 heavy (non-hydrogen) atoms. The molecule has 2 unspecified atom stereocenters. The SMILES string of the molecule is CCC(NC(C)c1ccc(C)c(F)c1)C(C)C. The van der Waals surface area contributed by atoms with Crippen LogP contribution in [0, 0.1) is 18.7 Å². The summed E-state index contributed by atoms with van der Waals surface area (Å²) < 4.78 is 13.5. The van der Waals surface area contributed by atoms with E-state index in [1.165, 1.54) is 0 Å². The molecule has 0 spiro atoms. The van der Waals surface area contributed by atoms with Gasteiger partial charge in [0.05, 0.1) is 0 Å². The van der Waals surface area contributed by atoms with E-state index in [0.717, 1.165) is 12.0 Å². The highest BCUT2D eigenvalue weighted by atomic mass is 19.1. The van der Waals surface area contributed by atoms with Crippen LogP contribution in [0.15, 0.2) is 18.2 Å². The Morgan fingerprint density at radius 2 is 1.88 bits per heavy atom. The van der Waals surface area contributed by atoms with Crippen LogP contribution in [-0.2, 0) is 0 Å². The first-order chi connectivity index (χ1) is 7.95. The minimum atomic E-state index is -0.117. The average molecular weight is 237 g/mol. The molecule has 1 nitrogen and oxygen atoms in total. The minimum Gasteiger partial charge on any atom is -0.307 e. The molecule has 0 aromatic heterocycles. The number of hydrogen-bond acceptors (Lipinski definition) is 1. The second kappa shape index (κ2) is 6.15. The lowest BCUT2D eigenvalue weighted by Crippen LogP contribution is -2.35. The van der Waals surface area contributed by atoms with E-state index in [1.807, 2.05) is 12.1 Å². The third kappa shape index (κ3) is 3.81. The Labute approximate surface area is 104 Å². The number of halogens is 1. The van der Waals surface area contributed by atoms with Crippen molar-refractivity contribution in [1.82, 2.24) is 5.32 Å². The van der Waals surface area contributed by atoms with Crippen molar-refractivity contribution < 1.29 is 4.39 Å². The summed E-state index contributed by atoms with van der Waals surface area (Å²) in [5, 5.41) is 3.56. The second-order valence-electron chi connectivity index (χ2n) is 5.16. The van der Waals surface area contributed by atoms with E-state index in [0.29, 0.717) is 17.5 Å². The number of benzene rings is 1. The van der Waals surface area contributed by atoms with E-state index in [9.17, 15) is 4.39 Å². The fraction of sp³-hybridized carbons (Fsp3) is 0.600. The fourth-order valence-electron chi connectivity index (χ4n) is 2.08. The molecule has 2 atom stereocenters. The number of rotatable bonds is 5. The lowest BCUT2D eigenvalue weighted by molar-refractivity contribution is 0.355. The van der Waals surface area contributed by atoms with Crippen molar-refractivity contribution in [3.8, 4) is 0 Å². The van der Waals surface area contributed by atoms with Crippen LogP contribution in [0.25, 0.3) is 0 Å². The van der Waals surface area contributed by atoms with Crippen molar-refractivity contribution in [3.63, 3.8) is 0 Å². The summed E-state index contributed by atoms with van der Waals surface area (Å²) in [6.45, 7) is 10.5. The van der Waals surface area contributed by atoms with Gasteiger partial charge in [-0.05, 0) is 43.4 Å². The smallest absolute Gasteiger partial charge is 0.126 e. The van der Waals surface area contributed by atoms with Gasteiger partial charge in [0.2, 0.25) is 0 Å². The Morgan fingerprint density at radius 3 is 2.35 bits per heavy atom. The van der Waals surface area contributed by atoms with Crippen molar-refractivity contribution in [1.29, 1.82) is 0 Å². The van der Waals surface area contributed by atoms with Crippen molar-refractivity contribution in [2.75, 3.05) is 0 Å². The Hall–Kier alpha value is -0.890. The van der Waals surface area contributed by atoms with Crippen molar-refractivity contribution in [2.24, 2.45) is 5.92 Å². The summed E-state index contributed by atoms with van der Waals surface area (Å²) >= 11 is 0. The molecule has 0 amide bonds. The zero-order valence-electron chi connectivity index (χ0n) is 11.5. The highest BCUT2D eigenvalue weighted by molar-refractivity contribution is 5.25. The molecule has 0 heterocycles. The molecule has 0 bridgehead atoms. The van der Waals surface area contributed by atoms with Gasteiger partial charge in [-0.1, -0.05) is 32.9 Å². The first-order valence-electron chi connectivity index (χ1n) is 6.47. The van der Waals surface area contributed by atoms with Crippen molar-refractivity contribution in [2.45, 2.75) is 53.1 Å². The van der Waals surface area contributed by atoms with E-state index < -0.39 is 0 Å². The molecule has 2 heteroatoms. The first kappa shape index (κ1) is 14.2. The third-order valence-electron chi connectivity index (χ3n) is 3.40. The van der Waals surface area contributed by atoms with Gasteiger partial charge >= 0.3 is 0 Å². The minimum absolute atomic E-state index is 0.117. The van der Waals surface area contributed by atoms with E-state index in [-0.39, 0.29) is 11.9 Å². The van der Waals surface area contributed by atoms with E-state index >= 15 is 0 Å². The Bertz CT molecular complexity index is 360. The molecule has 0 aliphatic heterocycles. The second-order valence-corrected chi connectivity index (χ2v) is 5.16. The van der Waals surface area contributed by atoms with Crippen LogP contribution in [0.4, 0.5) is 4.39 Å². The van der Waals surface area contributed by atoms with Gasteiger partial charge in [-0.15, -0.1) is 0 Å². The molecule has 1 rings (SSSR count). The lowest BCUT2D eigenvalue weighted by atomic mass is 9.98. The van der Waals surface area contributed by atoms with Gasteiger partial charge in [-0.3, -0.25) is 0 Å². The van der Waals surface area contributed by atoms with Crippen LogP contribution in [-0.4, -0.2) is 6.04 Å². The molecule has 1 aromatic rings. The molecule has 0 saturated heterocycles. The fourth-order valence-corrected chi connectivity index (χ4v) is 2.08. The van der Waals surface area contributed by atoms with Gasteiger partial charge in [0.15, 0.2) is 0 Å². The van der Waals surface area contributed by atoms with Gasteiger partial charge in [0.25, 0.3) is 0 Å². The molecular formula is C15H24FN. The van der Waals surface area contributed by atoms with Gasteiger partial charge in [0, 0.05) is 12.1 Å². The first-order valence-corrected chi connectivity index (χ1v) is 6.47. The summed E-state index contributed by atoms with van der Waals surface area (Å²) in [6, 6.07) is 6.16. The number of nitrogens with one attached hydrogen (secondary N) is 1. The maximum absolute atomic E-state index is 13.5. The highest BCUT2D eigenvalue weighted by Crippen LogP contribution is 2.18. The maximum atomic E-state index is 13.5. The average Bonchev–Trinajstić information content (AvgIpc) is 2.28. The van der Waals surface area contributed by atoms with E-state index in [1.54, 1.807) is 13.0 Å². The van der Waals surface area contributed by atoms with E-state index in [2.05, 4.69) is 33.0 Å². The predicted molar refractivity (Wildman–Crippen MR) is 71.6 cm³/mol. The molecular weight excluding hydrogens is 213 g/mol. The van der Waals surface area contributed by atoms with Crippen LogP contribution in [0.5, 0.6) is 0 Å². The number of hydrogen-bond donors (Lipinski definition) is 1. The summed E-state index contributed by atoms with van der Waals surface area (Å²) in [4.78, 5) is 0. The molecule has 96 valence electrons. The molecule has 0 radical (unpaired) electrons. The quantitative estimate of drug-likeness (QED) is 0.808. The summed E-state index contributed by atoms with van der Waals surface area (Å²) in [7, 11) is 0. The van der Waals surface area contributed by atoms with Crippen molar-refractivity contribution >= 4 is 0 Å². The molecule has 0 aliphatic rings. The van der Waals surface area contributed by atoms with Crippen LogP contribution in [0.3, 0.4) is 0 Å². The Kier molecular flexibility index (Phi) is 5.13. The Morgan fingerprint density at radius 1 is 1.24 bits per heavy atom. The van der Waals surface area contributed by atoms with Crippen LogP contribution < -0.4 is 5.32 Å². The zero-order valence-corrected chi connectivity index (χ0v) is 11.5. The zero-order chi connectivity index (χ0) is 13.0. The molecule has 0 fully saturated rings. The van der Waals surface area contributed by atoms with Crippen LogP contribution in [0.1, 0.15) is 51.3 Å². The number of aryl methyl sites for hydroxylation is 1. The summed E-state index contributed by atoms with van der Waals surface area (Å²) in [5.74, 6) is 0.478. The lowest BCUT2D eigenvalue weighted by Gasteiger charge is -2.25. The highest BCUT2D eigenvalue weighted by Gasteiger charge is 2.15. The predicted octanol–water partition coefficient (Wildman–Crippen LogP) is 4.22. The van der Waals surface area contributed by atoms with Gasteiger partial charge in [0.1, 0.15) is 5.82 Å². The largest absolute Gasteiger partial charge is 0.307 e.